The van der Waals surface area contributed by atoms with Crippen LogP contribution in [-0.2, 0) is 21.3 Å². The van der Waals surface area contributed by atoms with Crippen molar-refractivity contribution in [2.45, 2.75) is 75.5 Å². The molecule has 6 rings (SSSR count). The van der Waals surface area contributed by atoms with E-state index in [0.717, 1.165) is 35.7 Å². The highest BCUT2D eigenvalue weighted by molar-refractivity contribution is 5.55. The molecule has 2 N–H and O–H groups in total. The van der Waals surface area contributed by atoms with E-state index >= 15 is 0 Å². The number of aromatic nitrogens is 2. The lowest BCUT2D eigenvalue weighted by Crippen LogP contribution is -2.33. The van der Waals surface area contributed by atoms with Gasteiger partial charge in [0.15, 0.2) is 0 Å². The fraction of sp³-hybridized carbons (Fsp3) is 0.600. The summed E-state index contributed by atoms with van der Waals surface area (Å²) in [6.45, 7) is 4.72. The molecule has 2 aromatic heterocycles. The van der Waals surface area contributed by atoms with Gasteiger partial charge in [-0.25, -0.2) is 0 Å². The Balaban J connectivity index is 1.58. The quantitative estimate of drug-likeness (QED) is 0.659. The summed E-state index contributed by atoms with van der Waals surface area (Å²) in [7, 11) is 0. The monoisotopic (exact) mass is 476 g/mol. The first-order valence-corrected chi connectivity index (χ1v) is 11.8. The molecule has 4 unspecified atom stereocenters. The summed E-state index contributed by atoms with van der Waals surface area (Å²) >= 11 is 0. The molecule has 0 radical (unpaired) electrons. The van der Waals surface area contributed by atoms with E-state index in [9.17, 15) is 23.4 Å². The van der Waals surface area contributed by atoms with E-state index in [-0.39, 0.29) is 17.9 Å². The maximum atomic E-state index is 13.1. The highest BCUT2D eigenvalue weighted by Crippen LogP contribution is 2.65. The van der Waals surface area contributed by atoms with Gasteiger partial charge in [-0.3, -0.25) is 9.97 Å². The third-order valence-electron chi connectivity index (χ3n) is 7.97. The largest absolute Gasteiger partial charge is 0.433 e. The molecule has 4 aliphatic rings. The SMILES string of the molecule is CC(C)c1nc2c(c3c1C(c1ccc(C(F)(F)F)nc1)OC31CCOC1)C(O)CC1(CC1)C2O. The molecule has 0 aromatic carbocycles. The highest BCUT2D eigenvalue weighted by Gasteiger charge is 2.59. The molecule has 2 aliphatic carbocycles. The molecule has 0 bridgehead atoms. The van der Waals surface area contributed by atoms with Crippen LogP contribution in [0.2, 0.25) is 0 Å². The summed E-state index contributed by atoms with van der Waals surface area (Å²) in [6.07, 6.45) is -2.87. The van der Waals surface area contributed by atoms with Gasteiger partial charge in [0.2, 0.25) is 0 Å². The predicted octanol–water partition coefficient (Wildman–Crippen LogP) is 4.60. The summed E-state index contributed by atoms with van der Waals surface area (Å²) in [4.78, 5) is 8.56. The molecule has 2 aliphatic heterocycles. The second-order valence-corrected chi connectivity index (χ2v) is 10.5. The van der Waals surface area contributed by atoms with Crippen molar-refractivity contribution < 1.29 is 32.9 Å². The minimum Gasteiger partial charge on any atom is -0.388 e. The van der Waals surface area contributed by atoms with Gasteiger partial charge in [-0.15, -0.1) is 0 Å². The minimum absolute atomic E-state index is 0.0357. The Morgan fingerprint density at radius 3 is 2.44 bits per heavy atom. The zero-order valence-corrected chi connectivity index (χ0v) is 19.0. The van der Waals surface area contributed by atoms with Gasteiger partial charge in [-0.2, -0.15) is 13.2 Å². The van der Waals surface area contributed by atoms with Crippen molar-refractivity contribution >= 4 is 0 Å². The molecule has 4 atom stereocenters. The van der Waals surface area contributed by atoms with E-state index in [1.165, 1.54) is 12.3 Å². The van der Waals surface area contributed by atoms with Crippen molar-refractivity contribution in [3.63, 3.8) is 0 Å². The molecule has 182 valence electrons. The third-order valence-corrected chi connectivity index (χ3v) is 7.97. The van der Waals surface area contributed by atoms with E-state index in [4.69, 9.17) is 14.5 Å². The minimum atomic E-state index is -4.53. The smallest absolute Gasteiger partial charge is 0.388 e. The van der Waals surface area contributed by atoms with E-state index in [2.05, 4.69) is 4.98 Å². The summed E-state index contributed by atoms with van der Waals surface area (Å²) in [6, 6.07) is 2.36. The van der Waals surface area contributed by atoms with E-state index < -0.39 is 35.8 Å². The molecule has 9 heteroatoms. The fourth-order valence-electron chi connectivity index (χ4n) is 6.06. The lowest BCUT2D eigenvalue weighted by Gasteiger charge is -2.37. The standard InChI is InChI=1S/C25H27F3N2O4/c1-12(2)19-17-18(16-14(31)9-23(5-6-23)22(32)20(16)30-19)24(7-8-33-11-24)34-21(17)13-3-4-15(29-10-13)25(26,27)28/h3-4,10,12,14,21-22,31-32H,5-9,11H2,1-2H3. The van der Waals surface area contributed by atoms with Crippen molar-refractivity contribution in [3.05, 3.63) is 57.7 Å². The van der Waals surface area contributed by atoms with Crippen LogP contribution >= 0.6 is 0 Å². The van der Waals surface area contributed by atoms with Crippen molar-refractivity contribution in [2.75, 3.05) is 13.2 Å². The maximum Gasteiger partial charge on any atom is 0.433 e. The highest BCUT2D eigenvalue weighted by atomic mass is 19.4. The first-order chi connectivity index (χ1) is 16.1. The zero-order valence-electron chi connectivity index (χ0n) is 19.0. The summed E-state index contributed by atoms with van der Waals surface area (Å²) < 4.78 is 51.7. The van der Waals surface area contributed by atoms with Crippen LogP contribution in [0.3, 0.4) is 0 Å². The Morgan fingerprint density at radius 1 is 1.12 bits per heavy atom. The molecule has 0 amide bonds. The molecule has 1 saturated carbocycles. The average molecular weight is 476 g/mol. The van der Waals surface area contributed by atoms with E-state index in [1.807, 2.05) is 13.8 Å². The number of hydrogen-bond donors (Lipinski definition) is 2. The Morgan fingerprint density at radius 2 is 1.88 bits per heavy atom. The van der Waals surface area contributed by atoms with Crippen LogP contribution in [0.1, 0.15) is 103 Å². The number of alkyl halides is 3. The molecule has 2 fully saturated rings. The van der Waals surface area contributed by atoms with Crippen LogP contribution in [0.5, 0.6) is 0 Å². The number of hydrogen-bond acceptors (Lipinski definition) is 6. The van der Waals surface area contributed by atoms with Gasteiger partial charge < -0.3 is 19.7 Å². The summed E-state index contributed by atoms with van der Waals surface area (Å²) in [5.41, 5.74) is 1.76. The van der Waals surface area contributed by atoms with Crippen LogP contribution in [0, 0.1) is 5.41 Å². The summed E-state index contributed by atoms with van der Waals surface area (Å²) in [5, 5.41) is 22.6. The number of ether oxygens (including phenoxy) is 2. The van der Waals surface area contributed by atoms with Crippen molar-refractivity contribution in [1.82, 2.24) is 9.97 Å². The van der Waals surface area contributed by atoms with E-state index in [0.29, 0.717) is 36.3 Å². The predicted molar refractivity (Wildman–Crippen MR) is 114 cm³/mol. The average Bonchev–Trinajstić information content (AvgIpc) is 3.27. The first kappa shape index (κ1) is 22.4. The number of nitrogens with zero attached hydrogens (tertiary/aromatic N) is 2. The number of rotatable bonds is 2. The summed E-state index contributed by atoms with van der Waals surface area (Å²) in [5.74, 6) is -0.0357. The molecule has 6 nitrogen and oxygen atoms in total. The van der Waals surface area contributed by atoms with Gasteiger partial charge in [-0.1, -0.05) is 19.9 Å². The number of aliphatic hydroxyl groups is 2. The van der Waals surface area contributed by atoms with Crippen LogP contribution in [0.4, 0.5) is 13.2 Å². The van der Waals surface area contributed by atoms with Crippen LogP contribution < -0.4 is 0 Å². The van der Waals surface area contributed by atoms with Gasteiger partial charge in [0.25, 0.3) is 0 Å². The van der Waals surface area contributed by atoms with Gasteiger partial charge in [0.05, 0.1) is 18.4 Å². The molecular formula is C25H27F3N2O4. The Labute approximate surface area is 195 Å². The molecule has 4 heterocycles. The maximum absolute atomic E-state index is 13.1. The molecular weight excluding hydrogens is 449 g/mol. The van der Waals surface area contributed by atoms with Crippen molar-refractivity contribution in [3.8, 4) is 0 Å². The van der Waals surface area contributed by atoms with Crippen LogP contribution in [0.15, 0.2) is 18.3 Å². The van der Waals surface area contributed by atoms with E-state index in [1.54, 1.807) is 0 Å². The van der Waals surface area contributed by atoms with Crippen molar-refractivity contribution in [1.29, 1.82) is 0 Å². The normalized spacial score (nSPS) is 31.4. The van der Waals surface area contributed by atoms with Gasteiger partial charge >= 0.3 is 6.18 Å². The lowest BCUT2D eigenvalue weighted by molar-refractivity contribution is -0.141. The third kappa shape index (κ3) is 3.10. The van der Waals surface area contributed by atoms with Gasteiger partial charge in [-0.05, 0) is 31.2 Å². The number of pyridine rings is 2. The Bertz CT molecular complexity index is 1140. The zero-order chi connectivity index (χ0) is 24.0. The Kier molecular flexibility index (Phi) is 4.76. The van der Waals surface area contributed by atoms with Crippen LogP contribution in [0.25, 0.3) is 0 Å². The molecule has 2 spiro atoms. The second-order valence-electron chi connectivity index (χ2n) is 10.5. The van der Waals surface area contributed by atoms with Gasteiger partial charge in [0, 0.05) is 52.6 Å². The number of aliphatic hydroxyl groups excluding tert-OH is 2. The lowest BCUT2D eigenvalue weighted by atomic mass is 9.73. The van der Waals surface area contributed by atoms with Gasteiger partial charge in [0.1, 0.15) is 23.5 Å². The number of halogens is 3. The molecule has 34 heavy (non-hydrogen) atoms. The second kappa shape index (κ2) is 7.22. The Hall–Kier alpha value is -2.07. The van der Waals surface area contributed by atoms with Crippen LogP contribution in [-0.4, -0.2) is 33.4 Å². The molecule has 1 saturated heterocycles. The first-order valence-electron chi connectivity index (χ1n) is 11.8. The topological polar surface area (TPSA) is 84.7 Å². The fourth-order valence-corrected chi connectivity index (χ4v) is 6.06. The number of fused-ring (bicyclic) bond motifs is 4. The van der Waals surface area contributed by atoms with Crippen molar-refractivity contribution in [2.24, 2.45) is 5.41 Å². The molecule has 2 aromatic rings.